The number of carbonyl (C=O) groups is 2. The van der Waals surface area contributed by atoms with Crippen molar-refractivity contribution in [2.45, 2.75) is 15.5 Å². The fraction of sp³-hybridized carbons (Fsp3) is 0.185. The van der Waals surface area contributed by atoms with Gasteiger partial charge in [0.2, 0.25) is 0 Å². The van der Waals surface area contributed by atoms with Crippen molar-refractivity contribution in [3.63, 3.8) is 0 Å². The van der Waals surface area contributed by atoms with Gasteiger partial charge in [-0.05, 0) is 54.1 Å². The summed E-state index contributed by atoms with van der Waals surface area (Å²) in [4.78, 5) is 25.1. The number of carbonyl (C=O) groups excluding carboxylic acids is 2. The highest BCUT2D eigenvalue weighted by Gasteiger charge is 2.26. The number of hydrogen-bond acceptors (Lipinski definition) is 9. The number of anilines is 2. The van der Waals surface area contributed by atoms with Crippen molar-refractivity contribution in [2.24, 2.45) is 0 Å². The van der Waals surface area contributed by atoms with Crippen molar-refractivity contribution in [3.8, 4) is 11.5 Å². The van der Waals surface area contributed by atoms with Crippen molar-refractivity contribution in [2.75, 3.05) is 38.5 Å². The number of nitrogens with one attached hydrogen (secondary N) is 2. The summed E-state index contributed by atoms with van der Waals surface area (Å²) in [5.74, 6) is -0.137. The molecule has 3 aromatic carbocycles. The van der Waals surface area contributed by atoms with Gasteiger partial charge in [-0.3, -0.25) is 9.59 Å². The number of hydrogen-bond donors (Lipinski definition) is 2. The number of benzene rings is 3. The van der Waals surface area contributed by atoms with Gasteiger partial charge in [0.25, 0.3) is 5.91 Å². The summed E-state index contributed by atoms with van der Waals surface area (Å²) >= 11 is 1.19. The Bertz CT molecular complexity index is 1480. The minimum atomic E-state index is -3.77. The molecule has 0 spiro atoms. The van der Waals surface area contributed by atoms with Gasteiger partial charge < -0.3 is 24.8 Å². The average Bonchev–Trinajstić information content (AvgIpc) is 2.92. The molecule has 11 heteroatoms. The molecule has 3 aromatic rings. The molecule has 1 amide bonds. The van der Waals surface area contributed by atoms with Crippen LogP contribution in [0.5, 0.6) is 11.5 Å². The maximum atomic E-state index is 13.3. The predicted molar refractivity (Wildman–Crippen MR) is 146 cm³/mol. The molecule has 1 aliphatic rings. The van der Waals surface area contributed by atoms with Crippen molar-refractivity contribution < 1.29 is 32.2 Å². The Hall–Kier alpha value is -3.96. The lowest BCUT2D eigenvalue weighted by Gasteiger charge is -2.20. The third-order valence-corrected chi connectivity index (χ3v) is 8.46. The van der Waals surface area contributed by atoms with Crippen molar-refractivity contribution >= 4 is 50.9 Å². The minimum absolute atomic E-state index is 0.0427. The van der Waals surface area contributed by atoms with Crippen LogP contribution in [0.15, 0.2) is 75.4 Å². The van der Waals surface area contributed by atoms with Gasteiger partial charge in [0.15, 0.2) is 9.84 Å². The van der Waals surface area contributed by atoms with Crippen LogP contribution in [0, 0.1) is 0 Å². The molecule has 2 N–H and O–H groups in total. The van der Waals surface area contributed by atoms with Crippen molar-refractivity contribution in [1.29, 1.82) is 0 Å². The number of fused-ring (bicyclic) bond motifs is 1. The molecule has 0 radical (unpaired) electrons. The van der Waals surface area contributed by atoms with Crippen LogP contribution in [-0.4, -0.2) is 48.2 Å². The zero-order valence-corrected chi connectivity index (χ0v) is 22.6. The first-order valence-electron chi connectivity index (χ1n) is 11.4. The first-order chi connectivity index (χ1) is 18.2. The summed E-state index contributed by atoms with van der Waals surface area (Å²) in [6, 6.07) is 16.9. The standard InChI is InChI=1S/C27H26N2O7S2/c1-34-22-5-4-6-23(35-2)20(22)16-38(32,33)19-11-12-21-24(14-19)37-25(27(31)29-21)13-17-7-9-18(10-8-17)28-15-26(30)36-3/h4-14,28H,15-16H2,1-3H3,(H,29,31)/b25-13-. The molecule has 0 saturated heterocycles. The Kier molecular flexibility index (Phi) is 8.28. The Morgan fingerprint density at radius 3 is 2.32 bits per heavy atom. The Labute approximate surface area is 225 Å². The van der Waals surface area contributed by atoms with E-state index in [4.69, 9.17) is 9.47 Å². The maximum Gasteiger partial charge on any atom is 0.325 e. The van der Waals surface area contributed by atoms with Crippen molar-refractivity contribution in [3.05, 3.63) is 76.7 Å². The van der Waals surface area contributed by atoms with E-state index in [0.29, 0.717) is 32.6 Å². The second kappa shape index (κ2) is 11.6. The van der Waals surface area contributed by atoms with Crippen LogP contribution in [0.4, 0.5) is 11.4 Å². The van der Waals surface area contributed by atoms with Crippen LogP contribution >= 0.6 is 11.8 Å². The van der Waals surface area contributed by atoms with Crippen molar-refractivity contribution in [1.82, 2.24) is 0 Å². The normalized spacial score (nSPS) is 13.9. The lowest BCUT2D eigenvalue weighted by Crippen LogP contribution is -2.18. The summed E-state index contributed by atoms with van der Waals surface area (Å²) in [5.41, 5.74) is 2.46. The lowest BCUT2D eigenvalue weighted by molar-refractivity contribution is -0.138. The highest BCUT2D eigenvalue weighted by molar-refractivity contribution is 8.04. The molecule has 9 nitrogen and oxygen atoms in total. The second-order valence-corrected chi connectivity index (χ2v) is 11.2. The fourth-order valence-corrected chi connectivity index (χ4v) is 6.24. The van der Waals surface area contributed by atoms with Gasteiger partial charge in [-0.15, -0.1) is 0 Å². The highest BCUT2D eigenvalue weighted by Crippen LogP contribution is 2.41. The first kappa shape index (κ1) is 27.1. The van der Waals surface area contributed by atoms with Crippen LogP contribution in [0.2, 0.25) is 0 Å². The third kappa shape index (κ3) is 6.12. The maximum absolute atomic E-state index is 13.3. The van der Waals surface area contributed by atoms with Gasteiger partial charge in [-0.2, -0.15) is 0 Å². The summed E-state index contributed by atoms with van der Waals surface area (Å²) in [7, 11) is 0.505. The summed E-state index contributed by atoms with van der Waals surface area (Å²) < 4.78 is 42.0. The first-order valence-corrected chi connectivity index (χ1v) is 13.9. The van der Waals surface area contributed by atoms with E-state index < -0.39 is 9.84 Å². The van der Waals surface area contributed by atoms with E-state index in [1.165, 1.54) is 39.2 Å². The van der Waals surface area contributed by atoms with Crippen LogP contribution in [0.25, 0.3) is 6.08 Å². The monoisotopic (exact) mass is 554 g/mol. The Morgan fingerprint density at radius 1 is 1.00 bits per heavy atom. The number of rotatable bonds is 9. The number of methoxy groups -OCH3 is 3. The van der Waals surface area contributed by atoms with E-state index >= 15 is 0 Å². The van der Waals surface area contributed by atoms with E-state index in [0.717, 1.165) is 11.3 Å². The highest BCUT2D eigenvalue weighted by atomic mass is 32.2. The molecule has 0 aromatic heterocycles. The van der Waals surface area contributed by atoms with Gasteiger partial charge >= 0.3 is 5.97 Å². The quantitative estimate of drug-likeness (QED) is 0.294. The van der Waals surface area contributed by atoms with Crippen LogP contribution in [0.3, 0.4) is 0 Å². The van der Waals surface area contributed by atoms with Gasteiger partial charge in [0.1, 0.15) is 18.0 Å². The molecule has 0 fully saturated rings. The van der Waals surface area contributed by atoms with E-state index in [2.05, 4.69) is 15.4 Å². The van der Waals surface area contributed by atoms with E-state index in [9.17, 15) is 18.0 Å². The van der Waals surface area contributed by atoms with E-state index in [1.54, 1.807) is 60.7 Å². The van der Waals surface area contributed by atoms with Crippen LogP contribution in [-0.2, 0) is 29.9 Å². The summed E-state index contributed by atoms with van der Waals surface area (Å²) in [6.07, 6.45) is 1.72. The van der Waals surface area contributed by atoms with Gasteiger partial charge in [-0.25, -0.2) is 8.42 Å². The Balaban J connectivity index is 1.56. The predicted octanol–water partition coefficient (Wildman–Crippen LogP) is 4.35. The van der Waals surface area contributed by atoms with Crippen LogP contribution in [0.1, 0.15) is 11.1 Å². The number of thioether (sulfide) groups is 1. The molecular weight excluding hydrogens is 528 g/mol. The topological polar surface area (TPSA) is 120 Å². The van der Waals surface area contributed by atoms with Gasteiger partial charge in [-0.1, -0.05) is 30.0 Å². The number of sulfone groups is 1. The molecule has 38 heavy (non-hydrogen) atoms. The fourth-order valence-electron chi connectivity index (χ4n) is 3.77. The molecule has 0 bridgehead atoms. The third-order valence-electron chi connectivity index (χ3n) is 5.74. The number of ether oxygens (including phenoxy) is 3. The smallest absolute Gasteiger partial charge is 0.325 e. The summed E-state index contributed by atoms with van der Waals surface area (Å²) in [5, 5.41) is 5.77. The SMILES string of the molecule is COC(=O)CNc1ccc(/C=C2\Sc3cc(S(=O)(=O)Cc4c(OC)cccc4OC)ccc3NC2=O)cc1. The summed E-state index contributed by atoms with van der Waals surface area (Å²) in [6.45, 7) is 0.0427. The molecule has 0 atom stereocenters. The number of esters is 1. The second-order valence-electron chi connectivity index (χ2n) is 8.17. The molecule has 4 rings (SSSR count). The molecule has 1 aliphatic heterocycles. The largest absolute Gasteiger partial charge is 0.496 e. The van der Waals surface area contributed by atoms with Gasteiger partial charge in [0, 0.05) is 10.6 Å². The zero-order chi connectivity index (χ0) is 27.3. The van der Waals surface area contributed by atoms with E-state index in [-0.39, 0.29) is 29.1 Å². The van der Waals surface area contributed by atoms with E-state index in [1.807, 2.05) is 0 Å². The minimum Gasteiger partial charge on any atom is -0.496 e. The molecule has 1 heterocycles. The zero-order valence-electron chi connectivity index (χ0n) is 20.9. The number of amides is 1. The average molecular weight is 555 g/mol. The molecule has 0 aliphatic carbocycles. The van der Waals surface area contributed by atoms with Crippen LogP contribution < -0.4 is 20.1 Å². The molecule has 198 valence electrons. The molecular formula is C27H26N2O7S2. The molecule has 0 saturated carbocycles. The molecule has 0 unspecified atom stereocenters. The van der Waals surface area contributed by atoms with Gasteiger partial charge in [0.05, 0.1) is 48.1 Å². The lowest BCUT2D eigenvalue weighted by atomic mass is 10.2. The Morgan fingerprint density at radius 2 is 1.68 bits per heavy atom.